The molecule has 0 bridgehead atoms. The van der Waals surface area contributed by atoms with Gasteiger partial charge in [-0.05, 0) is 43.4 Å². The van der Waals surface area contributed by atoms with Crippen molar-refractivity contribution in [2.24, 2.45) is 29.6 Å². The van der Waals surface area contributed by atoms with Gasteiger partial charge in [-0.15, -0.1) is 0 Å². The molecule has 1 aliphatic carbocycles. The Morgan fingerprint density at radius 3 is 2.35 bits per heavy atom. The van der Waals surface area contributed by atoms with Crippen molar-refractivity contribution < 1.29 is 28.8 Å². The Morgan fingerprint density at radius 2 is 1.72 bits per heavy atom. The molecule has 2 fully saturated rings. The van der Waals surface area contributed by atoms with Crippen LogP contribution in [-0.2, 0) is 24.0 Å². The fourth-order valence-electron chi connectivity index (χ4n) is 6.10. The van der Waals surface area contributed by atoms with E-state index in [0.29, 0.717) is 31.8 Å². The summed E-state index contributed by atoms with van der Waals surface area (Å²) in [7, 11) is 0. The highest BCUT2D eigenvalue weighted by Crippen LogP contribution is 2.31. The van der Waals surface area contributed by atoms with E-state index in [0.717, 1.165) is 25.7 Å². The molecule has 1 aromatic heterocycles. The highest BCUT2D eigenvalue weighted by atomic mass is 16.8. The van der Waals surface area contributed by atoms with Crippen LogP contribution in [0.3, 0.4) is 0 Å². The molecule has 2 N–H and O–H groups in total. The molecule has 3 amide bonds. The molecule has 43 heavy (non-hydrogen) atoms. The maximum Gasteiger partial charge on any atom is 0.250 e. The van der Waals surface area contributed by atoms with Gasteiger partial charge in [0.15, 0.2) is 6.29 Å². The van der Waals surface area contributed by atoms with Crippen molar-refractivity contribution in [2.75, 3.05) is 13.2 Å². The van der Waals surface area contributed by atoms with Gasteiger partial charge in [-0.2, -0.15) is 0 Å². The number of hydroxylamine groups is 1. The summed E-state index contributed by atoms with van der Waals surface area (Å²) in [4.78, 5) is 63.0. The number of amides is 3. The van der Waals surface area contributed by atoms with E-state index in [1.54, 1.807) is 0 Å². The molecule has 3 rings (SSSR count). The monoisotopic (exact) mass is 603 g/mol. The fraction of sp³-hybridized carbons (Fsp3) is 0.781. The predicted molar refractivity (Wildman–Crippen MR) is 162 cm³/mol. The third kappa shape index (κ3) is 12.0. The summed E-state index contributed by atoms with van der Waals surface area (Å²) >= 11 is 0. The summed E-state index contributed by atoms with van der Waals surface area (Å²) in [5.41, 5.74) is 5.43. The Hall–Kier alpha value is -2.79. The van der Waals surface area contributed by atoms with Crippen LogP contribution < -0.4 is 10.9 Å². The van der Waals surface area contributed by atoms with E-state index >= 15 is 0 Å². The molecule has 1 saturated heterocycles. The van der Waals surface area contributed by atoms with Crippen LogP contribution in [0.1, 0.15) is 116 Å². The molecular weight excluding hydrogens is 550 g/mol. The van der Waals surface area contributed by atoms with Gasteiger partial charge in [0.1, 0.15) is 12.7 Å². The first-order chi connectivity index (χ1) is 20.6. The highest BCUT2D eigenvalue weighted by Gasteiger charge is 2.36. The standard InChI is InChI=1S/C32H53N5O6/c1-23(2)19-27(31(40)34-37(21-24(3)4)29(39)20-28(38)36-17-16-33-22-36)26(14-10-13-25-11-6-5-7-12-25)32(41)35-43-30-15-8-9-18-42-30/h16-17,22-27,30H,5-15,18-21H2,1-4H3,(H,34,40)(H,35,41)/t26-,27+,30?/m0/s1. The van der Waals surface area contributed by atoms with Crippen LogP contribution in [0, 0.1) is 29.6 Å². The van der Waals surface area contributed by atoms with Gasteiger partial charge in [0.05, 0.1) is 11.8 Å². The summed E-state index contributed by atoms with van der Waals surface area (Å²) in [6.45, 7) is 8.72. The molecule has 1 aromatic rings. The lowest BCUT2D eigenvalue weighted by atomic mass is 9.79. The van der Waals surface area contributed by atoms with Crippen LogP contribution in [0.2, 0.25) is 0 Å². The molecule has 2 aliphatic rings. The summed E-state index contributed by atoms with van der Waals surface area (Å²) in [5.74, 6) is -2.19. The quantitative estimate of drug-likeness (QED) is 0.212. The van der Waals surface area contributed by atoms with Crippen LogP contribution >= 0.6 is 0 Å². The molecular formula is C32H53N5O6. The van der Waals surface area contributed by atoms with E-state index < -0.39 is 42.3 Å². The number of carbonyl (C=O) groups excluding carboxylic acids is 4. The Labute approximate surface area is 256 Å². The first kappa shape index (κ1) is 34.7. The Bertz CT molecular complexity index is 1000. The fourth-order valence-corrected chi connectivity index (χ4v) is 6.10. The first-order valence-corrected chi connectivity index (χ1v) is 16.3. The molecule has 11 heteroatoms. The number of imidazole rings is 1. The van der Waals surface area contributed by atoms with E-state index in [1.165, 1.54) is 60.4 Å². The number of nitrogens with zero attached hydrogens (tertiary/aromatic N) is 3. The second-order valence-electron chi connectivity index (χ2n) is 13.1. The zero-order valence-electron chi connectivity index (χ0n) is 26.6. The SMILES string of the molecule is CC(C)C[C@@H](C(=O)NN(CC(C)C)C(=O)CC(=O)n1ccnc1)[C@H](CCCC1CCCCC1)C(=O)NOC1CCCCO1. The second kappa shape index (κ2) is 18.1. The molecule has 0 spiro atoms. The van der Waals surface area contributed by atoms with Crippen LogP contribution in [0.25, 0.3) is 0 Å². The van der Waals surface area contributed by atoms with Gasteiger partial charge in [0.25, 0.3) is 0 Å². The first-order valence-electron chi connectivity index (χ1n) is 16.3. The molecule has 0 radical (unpaired) electrons. The minimum Gasteiger partial charge on any atom is -0.350 e. The largest absolute Gasteiger partial charge is 0.350 e. The topological polar surface area (TPSA) is 132 Å². The van der Waals surface area contributed by atoms with E-state index in [2.05, 4.69) is 15.9 Å². The highest BCUT2D eigenvalue weighted by molar-refractivity contribution is 5.98. The molecule has 11 nitrogen and oxygen atoms in total. The van der Waals surface area contributed by atoms with Gasteiger partial charge in [-0.3, -0.25) is 34.2 Å². The lowest BCUT2D eigenvalue weighted by Crippen LogP contribution is -2.53. The summed E-state index contributed by atoms with van der Waals surface area (Å²) in [6.07, 6.45) is 15.1. The number of nitrogens with one attached hydrogen (secondary N) is 2. The van der Waals surface area contributed by atoms with Crippen molar-refractivity contribution >= 4 is 23.6 Å². The summed E-state index contributed by atoms with van der Waals surface area (Å²) < 4.78 is 6.87. The van der Waals surface area contributed by atoms with E-state index in [-0.39, 0.29) is 24.3 Å². The third-order valence-electron chi connectivity index (χ3n) is 8.35. The number of hydrazine groups is 1. The van der Waals surface area contributed by atoms with Gasteiger partial charge < -0.3 is 4.74 Å². The van der Waals surface area contributed by atoms with Crippen molar-refractivity contribution in [2.45, 2.75) is 117 Å². The van der Waals surface area contributed by atoms with Crippen molar-refractivity contribution in [3.05, 3.63) is 18.7 Å². The summed E-state index contributed by atoms with van der Waals surface area (Å²) in [6, 6.07) is 0. The number of hydrogen-bond donors (Lipinski definition) is 2. The average Bonchev–Trinajstić information content (AvgIpc) is 3.53. The zero-order chi connectivity index (χ0) is 31.2. The normalized spacial score (nSPS) is 19.2. The number of aromatic nitrogens is 2. The van der Waals surface area contributed by atoms with Crippen molar-refractivity contribution in [1.82, 2.24) is 25.5 Å². The molecule has 242 valence electrons. The van der Waals surface area contributed by atoms with Gasteiger partial charge in [0.2, 0.25) is 23.6 Å². The maximum absolute atomic E-state index is 14.0. The van der Waals surface area contributed by atoms with E-state index in [1.807, 2.05) is 27.7 Å². The average molecular weight is 604 g/mol. The zero-order valence-corrected chi connectivity index (χ0v) is 26.6. The van der Waals surface area contributed by atoms with Crippen molar-refractivity contribution in [3.8, 4) is 0 Å². The Kier molecular flexibility index (Phi) is 14.6. The Balaban J connectivity index is 1.75. The van der Waals surface area contributed by atoms with Crippen LogP contribution in [-0.4, -0.2) is 57.6 Å². The minimum atomic E-state index is -0.686. The van der Waals surface area contributed by atoms with Gasteiger partial charge in [-0.25, -0.2) is 15.3 Å². The number of ether oxygens (including phenoxy) is 1. The van der Waals surface area contributed by atoms with Crippen LogP contribution in [0.5, 0.6) is 0 Å². The lowest BCUT2D eigenvalue weighted by Gasteiger charge is -2.32. The van der Waals surface area contributed by atoms with E-state index in [4.69, 9.17) is 9.57 Å². The van der Waals surface area contributed by atoms with Crippen molar-refractivity contribution in [1.29, 1.82) is 0 Å². The van der Waals surface area contributed by atoms with Crippen molar-refractivity contribution in [3.63, 3.8) is 0 Å². The van der Waals surface area contributed by atoms with E-state index in [9.17, 15) is 19.2 Å². The number of rotatable bonds is 15. The van der Waals surface area contributed by atoms with Gasteiger partial charge in [-0.1, -0.05) is 72.6 Å². The lowest BCUT2D eigenvalue weighted by molar-refractivity contribution is -0.203. The van der Waals surface area contributed by atoms with Gasteiger partial charge >= 0.3 is 0 Å². The minimum absolute atomic E-state index is 0.0367. The third-order valence-corrected chi connectivity index (χ3v) is 8.35. The second-order valence-corrected chi connectivity index (χ2v) is 13.1. The molecule has 2 heterocycles. The molecule has 0 aromatic carbocycles. The maximum atomic E-state index is 14.0. The molecule has 1 saturated carbocycles. The number of carbonyl (C=O) groups is 4. The van der Waals surface area contributed by atoms with Crippen LogP contribution in [0.4, 0.5) is 0 Å². The number of hydrogen-bond acceptors (Lipinski definition) is 7. The Morgan fingerprint density at radius 1 is 0.977 bits per heavy atom. The molecule has 1 unspecified atom stereocenters. The van der Waals surface area contributed by atoms with Crippen LogP contribution in [0.15, 0.2) is 18.7 Å². The molecule has 1 aliphatic heterocycles. The summed E-state index contributed by atoms with van der Waals surface area (Å²) in [5, 5.41) is 1.23. The predicted octanol–water partition coefficient (Wildman–Crippen LogP) is 5.03. The molecule has 3 atom stereocenters. The smallest absolute Gasteiger partial charge is 0.250 e. The van der Waals surface area contributed by atoms with Gasteiger partial charge in [0, 0.05) is 32.0 Å².